The highest BCUT2D eigenvalue weighted by molar-refractivity contribution is 7.91. The number of hydrogen-bond acceptors (Lipinski definition) is 7. The van der Waals surface area contributed by atoms with Crippen molar-refractivity contribution in [2.45, 2.75) is 45.7 Å². The van der Waals surface area contributed by atoms with E-state index in [9.17, 15) is 13.2 Å². The van der Waals surface area contributed by atoms with Crippen molar-refractivity contribution in [2.75, 3.05) is 11.5 Å². The first-order valence-electron chi connectivity index (χ1n) is 8.23. The third-order valence-corrected chi connectivity index (χ3v) is 5.82. The summed E-state index contributed by atoms with van der Waals surface area (Å²) in [6, 6.07) is 1.58. The molecule has 10 heteroatoms. The largest absolute Gasteiger partial charge is 0.419 e. The van der Waals surface area contributed by atoms with E-state index in [1.165, 1.54) is 0 Å². The summed E-state index contributed by atoms with van der Waals surface area (Å²) in [5, 5.41) is 15.1. The Labute approximate surface area is 145 Å². The molecular formula is C15H21N5O4S. The van der Waals surface area contributed by atoms with Crippen molar-refractivity contribution in [3.05, 3.63) is 17.7 Å². The highest BCUT2D eigenvalue weighted by Gasteiger charge is 2.28. The lowest BCUT2D eigenvalue weighted by Crippen LogP contribution is -2.35. The fourth-order valence-corrected chi connectivity index (χ4v) is 4.52. The van der Waals surface area contributed by atoms with E-state index in [2.05, 4.69) is 20.6 Å². The minimum Gasteiger partial charge on any atom is -0.419 e. The van der Waals surface area contributed by atoms with Gasteiger partial charge in [-0.3, -0.25) is 9.48 Å². The molecule has 1 unspecified atom stereocenters. The fraction of sp³-hybridized carbons (Fsp3) is 0.600. The number of amides is 1. The predicted molar refractivity (Wildman–Crippen MR) is 89.5 cm³/mol. The van der Waals surface area contributed by atoms with Crippen molar-refractivity contribution < 1.29 is 17.6 Å². The highest BCUT2D eigenvalue weighted by atomic mass is 32.2. The van der Waals surface area contributed by atoms with Crippen molar-refractivity contribution in [1.29, 1.82) is 0 Å². The standard InChI is InChI=1S/C15H21N5O4S/c1-3-20-12(8-10(2)19-20)15-18-17-14(24-15)5-4-13(21)16-11-6-7-25(22,23)9-11/h8,11H,3-7,9H2,1-2H3,(H,16,21). The number of nitrogens with zero attached hydrogens (tertiary/aromatic N) is 4. The molecule has 0 spiro atoms. The molecule has 0 radical (unpaired) electrons. The number of hydrogen-bond donors (Lipinski definition) is 1. The van der Waals surface area contributed by atoms with Gasteiger partial charge >= 0.3 is 0 Å². The van der Waals surface area contributed by atoms with Crippen LogP contribution in [0.25, 0.3) is 11.6 Å². The Kier molecular flexibility index (Phi) is 4.89. The second kappa shape index (κ2) is 6.95. The van der Waals surface area contributed by atoms with E-state index in [4.69, 9.17) is 4.42 Å². The average Bonchev–Trinajstić information content (AvgIpc) is 3.23. The molecule has 0 aliphatic carbocycles. The molecule has 0 bridgehead atoms. The first-order chi connectivity index (χ1) is 11.9. The van der Waals surface area contributed by atoms with E-state index in [-0.39, 0.29) is 29.9 Å². The normalized spacial score (nSPS) is 19.2. The summed E-state index contributed by atoms with van der Waals surface area (Å²) < 4.78 is 30.2. The Morgan fingerprint density at radius 1 is 1.44 bits per heavy atom. The average molecular weight is 367 g/mol. The van der Waals surface area contributed by atoms with Gasteiger partial charge in [-0.25, -0.2) is 8.42 Å². The van der Waals surface area contributed by atoms with Gasteiger partial charge in [0, 0.05) is 25.4 Å². The van der Waals surface area contributed by atoms with Crippen LogP contribution in [0.2, 0.25) is 0 Å². The molecule has 25 heavy (non-hydrogen) atoms. The molecule has 9 nitrogen and oxygen atoms in total. The van der Waals surface area contributed by atoms with Gasteiger partial charge in [-0.15, -0.1) is 10.2 Å². The van der Waals surface area contributed by atoms with Gasteiger partial charge in [0.15, 0.2) is 9.84 Å². The third kappa shape index (κ3) is 4.25. The molecule has 0 saturated carbocycles. The van der Waals surface area contributed by atoms with Crippen LogP contribution in [0, 0.1) is 6.92 Å². The number of sulfone groups is 1. The van der Waals surface area contributed by atoms with Gasteiger partial charge in [0.2, 0.25) is 11.8 Å². The minimum absolute atomic E-state index is 0.0177. The van der Waals surface area contributed by atoms with Gasteiger partial charge in [-0.2, -0.15) is 5.10 Å². The topological polar surface area (TPSA) is 120 Å². The number of aryl methyl sites for hydroxylation is 3. The second-order valence-corrected chi connectivity index (χ2v) is 8.38. The lowest BCUT2D eigenvalue weighted by Gasteiger charge is -2.09. The number of carbonyl (C=O) groups is 1. The fourth-order valence-electron chi connectivity index (χ4n) is 2.85. The van der Waals surface area contributed by atoms with E-state index in [1.54, 1.807) is 4.68 Å². The Morgan fingerprint density at radius 2 is 2.24 bits per heavy atom. The molecule has 1 atom stereocenters. The minimum atomic E-state index is -3.00. The maximum atomic E-state index is 12.0. The first kappa shape index (κ1) is 17.6. The molecule has 3 rings (SSSR count). The predicted octanol–water partition coefficient (Wildman–Crippen LogP) is 0.497. The van der Waals surface area contributed by atoms with Crippen molar-refractivity contribution in [2.24, 2.45) is 0 Å². The van der Waals surface area contributed by atoms with Gasteiger partial charge < -0.3 is 9.73 Å². The number of carbonyl (C=O) groups excluding carboxylic acids is 1. The molecule has 136 valence electrons. The van der Waals surface area contributed by atoms with Crippen LogP contribution in [-0.4, -0.2) is 51.9 Å². The van der Waals surface area contributed by atoms with Crippen molar-refractivity contribution in [3.63, 3.8) is 0 Å². The summed E-state index contributed by atoms with van der Waals surface area (Å²) in [6.07, 6.45) is 0.945. The van der Waals surface area contributed by atoms with Crippen LogP contribution in [0.3, 0.4) is 0 Å². The lowest BCUT2D eigenvalue weighted by molar-refractivity contribution is -0.121. The lowest BCUT2D eigenvalue weighted by atomic mass is 10.2. The molecule has 0 aromatic carbocycles. The van der Waals surface area contributed by atoms with Gasteiger partial charge in [0.05, 0.1) is 17.2 Å². The van der Waals surface area contributed by atoms with E-state index in [1.807, 2.05) is 19.9 Å². The smallest absolute Gasteiger partial charge is 0.265 e. The molecule has 1 fully saturated rings. The zero-order valence-electron chi connectivity index (χ0n) is 14.2. The second-order valence-electron chi connectivity index (χ2n) is 6.16. The first-order valence-corrected chi connectivity index (χ1v) is 10.1. The van der Waals surface area contributed by atoms with Crippen molar-refractivity contribution in [3.8, 4) is 11.6 Å². The van der Waals surface area contributed by atoms with Gasteiger partial charge in [-0.1, -0.05) is 0 Å². The molecule has 1 N–H and O–H groups in total. The zero-order chi connectivity index (χ0) is 18.0. The van der Waals surface area contributed by atoms with Gasteiger partial charge in [0.1, 0.15) is 5.69 Å². The molecule has 2 aromatic heterocycles. The van der Waals surface area contributed by atoms with E-state index in [0.717, 1.165) is 11.4 Å². The molecule has 3 heterocycles. The summed E-state index contributed by atoms with van der Waals surface area (Å²) >= 11 is 0. The Bertz CT molecular complexity index is 870. The highest BCUT2D eigenvalue weighted by Crippen LogP contribution is 2.19. The molecule has 1 aliphatic rings. The quantitative estimate of drug-likeness (QED) is 0.789. The van der Waals surface area contributed by atoms with Crippen LogP contribution in [0.15, 0.2) is 10.5 Å². The summed E-state index contributed by atoms with van der Waals surface area (Å²) in [4.78, 5) is 12.0. The van der Waals surface area contributed by atoms with E-state index < -0.39 is 9.84 Å². The van der Waals surface area contributed by atoms with Crippen molar-refractivity contribution >= 4 is 15.7 Å². The molecule has 1 amide bonds. The Morgan fingerprint density at radius 3 is 2.92 bits per heavy atom. The van der Waals surface area contributed by atoms with Crippen LogP contribution < -0.4 is 5.32 Å². The zero-order valence-corrected chi connectivity index (χ0v) is 15.0. The SMILES string of the molecule is CCn1nc(C)cc1-c1nnc(CCC(=O)NC2CCS(=O)(=O)C2)o1. The van der Waals surface area contributed by atoms with Crippen LogP contribution >= 0.6 is 0 Å². The monoisotopic (exact) mass is 367 g/mol. The van der Waals surface area contributed by atoms with Crippen molar-refractivity contribution in [1.82, 2.24) is 25.3 Å². The maximum Gasteiger partial charge on any atom is 0.265 e. The van der Waals surface area contributed by atoms with E-state index >= 15 is 0 Å². The third-order valence-electron chi connectivity index (χ3n) is 4.05. The molecule has 2 aromatic rings. The molecule has 1 aliphatic heterocycles. The Hall–Kier alpha value is -2.23. The molecule has 1 saturated heterocycles. The van der Waals surface area contributed by atoms with Gasteiger partial charge in [0.25, 0.3) is 5.89 Å². The van der Waals surface area contributed by atoms with Crippen LogP contribution in [0.1, 0.15) is 31.4 Å². The number of nitrogens with one attached hydrogen (secondary N) is 1. The summed E-state index contributed by atoms with van der Waals surface area (Å²) in [5.74, 6) is 0.681. The number of rotatable bonds is 6. The van der Waals surface area contributed by atoms with Crippen LogP contribution in [0.5, 0.6) is 0 Å². The van der Waals surface area contributed by atoms with E-state index in [0.29, 0.717) is 31.2 Å². The Balaban J connectivity index is 1.56. The summed E-state index contributed by atoms with van der Waals surface area (Å²) in [5.41, 5.74) is 1.61. The number of aromatic nitrogens is 4. The summed E-state index contributed by atoms with van der Waals surface area (Å²) in [7, 11) is -3.00. The summed E-state index contributed by atoms with van der Waals surface area (Å²) in [6.45, 7) is 4.55. The van der Waals surface area contributed by atoms with Gasteiger partial charge in [-0.05, 0) is 26.3 Å². The van der Waals surface area contributed by atoms with Crippen LogP contribution in [-0.2, 0) is 27.6 Å². The van der Waals surface area contributed by atoms with Crippen LogP contribution in [0.4, 0.5) is 0 Å². The molecular weight excluding hydrogens is 346 g/mol. The maximum absolute atomic E-state index is 12.0.